The normalized spacial score (nSPS) is 8.54. The molecule has 0 amide bonds. The topological polar surface area (TPSA) is 0 Å². The van der Waals surface area contributed by atoms with Crippen molar-refractivity contribution in [2.24, 2.45) is 0 Å². The van der Waals surface area contributed by atoms with Crippen molar-refractivity contribution < 1.29 is 0 Å². The molecule has 0 saturated carbocycles. The van der Waals surface area contributed by atoms with Gasteiger partial charge in [-0.15, -0.1) is 0 Å². The van der Waals surface area contributed by atoms with E-state index in [-0.39, 0.29) is 0 Å². The second-order valence-electron chi connectivity index (χ2n) is 13.9. The van der Waals surface area contributed by atoms with Gasteiger partial charge in [-0.25, -0.2) is 0 Å². The molecule has 0 heterocycles. The summed E-state index contributed by atoms with van der Waals surface area (Å²) in [5.74, 6) is 0. The maximum Gasteiger partial charge on any atom is -0.0172 e. The molecule has 0 radical (unpaired) electrons. The van der Waals surface area contributed by atoms with Gasteiger partial charge in [0.25, 0.3) is 0 Å². The lowest BCUT2D eigenvalue weighted by molar-refractivity contribution is 1.47. The minimum absolute atomic E-state index is 1.24. The summed E-state index contributed by atoms with van der Waals surface area (Å²) in [5, 5.41) is 0. The van der Waals surface area contributed by atoms with E-state index >= 15 is 0 Å². The minimum Gasteiger partial charge on any atom is -0.0683 e. The largest absolute Gasteiger partial charge is 0.0683 e. The highest BCUT2D eigenvalue weighted by atomic mass is 14.1. The SMILES string of the molecule is CC.CC.CC.CC.CC.CC.CC.CC.CC.Cc1ccc(-c2ccc(-c3ccccc3)cc2)cc1.Cc1ccc(-c2ccccc2)cc1.c1ccc(-c2cc(-c3ccccc3)cc(-c3ccccc3)c2)cc1. The number of benzene rings is 9. The first-order valence-corrected chi connectivity index (χ1v) is 28.2. The van der Waals surface area contributed by atoms with Gasteiger partial charge in [-0.1, -0.05) is 360 Å². The Labute approximate surface area is 456 Å². The lowest BCUT2D eigenvalue weighted by Crippen LogP contribution is -1.85. The molecule has 9 aromatic rings. The van der Waals surface area contributed by atoms with Crippen molar-refractivity contribution in [2.75, 3.05) is 0 Å². The second kappa shape index (κ2) is 49.6. The van der Waals surface area contributed by atoms with Crippen LogP contribution in [0.2, 0.25) is 0 Å². The Bertz CT molecular complexity index is 2360. The zero-order valence-corrected chi connectivity index (χ0v) is 50.1. The van der Waals surface area contributed by atoms with Gasteiger partial charge >= 0.3 is 0 Å². The maximum atomic E-state index is 2.27. The summed E-state index contributed by atoms with van der Waals surface area (Å²) in [7, 11) is 0. The van der Waals surface area contributed by atoms with Gasteiger partial charge in [0, 0.05) is 0 Å². The fourth-order valence-electron chi connectivity index (χ4n) is 6.63. The number of hydrogen-bond acceptors (Lipinski definition) is 0. The first-order valence-electron chi connectivity index (χ1n) is 28.2. The van der Waals surface area contributed by atoms with Crippen LogP contribution in [0.25, 0.3) is 66.8 Å². The molecular formula is C74H100. The van der Waals surface area contributed by atoms with E-state index in [1.54, 1.807) is 0 Å². The fraction of sp³-hybridized carbons (Fsp3) is 0.270. The van der Waals surface area contributed by atoms with Crippen molar-refractivity contribution in [3.05, 3.63) is 254 Å². The summed E-state index contributed by atoms with van der Waals surface area (Å²) < 4.78 is 0. The van der Waals surface area contributed by atoms with Gasteiger partial charge in [-0.05, 0) is 98.8 Å². The Morgan fingerprint density at radius 3 is 0.419 bits per heavy atom. The van der Waals surface area contributed by atoms with Gasteiger partial charge in [0.05, 0.1) is 0 Å². The zero-order chi connectivity index (χ0) is 56.4. The molecule has 0 aliphatic heterocycles. The summed E-state index contributed by atoms with van der Waals surface area (Å²) in [6, 6.07) is 85.4. The highest BCUT2D eigenvalue weighted by molar-refractivity contribution is 5.81. The minimum atomic E-state index is 1.24. The Balaban J connectivity index is -0.000000906. The molecular weight excluding hydrogens is 889 g/mol. The summed E-state index contributed by atoms with van der Waals surface area (Å²) in [6.07, 6.45) is 0. The van der Waals surface area contributed by atoms with E-state index in [1.165, 1.54) is 77.9 Å². The van der Waals surface area contributed by atoms with E-state index in [2.05, 4.69) is 244 Å². The average Bonchev–Trinajstić information content (AvgIpc) is 3.53. The molecule has 0 atom stereocenters. The molecule has 74 heavy (non-hydrogen) atoms. The van der Waals surface area contributed by atoms with Crippen LogP contribution in [0.3, 0.4) is 0 Å². The third-order valence-corrected chi connectivity index (χ3v) is 9.79. The van der Waals surface area contributed by atoms with E-state index in [1.807, 2.05) is 137 Å². The predicted molar refractivity (Wildman–Crippen MR) is 344 cm³/mol. The van der Waals surface area contributed by atoms with Crippen LogP contribution < -0.4 is 0 Å². The van der Waals surface area contributed by atoms with Gasteiger partial charge in [0.2, 0.25) is 0 Å². The molecule has 0 spiro atoms. The summed E-state index contributed by atoms with van der Waals surface area (Å²) in [5.41, 5.74) is 17.7. The van der Waals surface area contributed by atoms with Crippen LogP contribution in [0, 0.1) is 13.8 Å². The fourth-order valence-corrected chi connectivity index (χ4v) is 6.63. The van der Waals surface area contributed by atoms with E-state index < -0.39 is 0 Å². The van der Waals surface area contributed by atoms with E-state index in [9.17, 15) is 0 Å². The third kappa shape index (κ3) is 27.2. The van der Waals surface area contributed by atoms with E-state index in [0.29, 0.717) is 0 Å². The van der Waals surface area contributed by atoms with E-state index in [4.69, 9.17) is 0 Å². The lowest BCUT2D eigenvalue weighted by atomic mass is 9.93. The molecule has 0 N–H and O–H groups in total. The van der Waals surface area contributed by atoms with Gasteiger partial charge in [0.1, 0.15) is 0 Å². The first kappa shape index (κ1) is 71.2. The van der Waals surface area contributed by atoms with Crippen molar-refractivity contribution in [1.82, 2.24) is 0 Å². The summed E-state index contributed by atoms with van der Waals surface area (Å²) in [6.45, 7) is 40.2. The molecule has 0 heteroatoms. The molecule has 0 aromatic heterocycles. The molecule has 9 rings (SSSR count). The van der Waals surface area contributed by atoms with Crippen molar-refractivity contribution in [1.29, 1.82) is 0 Å². The number of aryl methyl sites for hydroxylation is 2. The Morgan fingerprint density at radius 1 is 0.135 bits per heavy atom. The van der Waals surface area contributed by atoms with Gasteiger partial charge in [-0.3, -0.25) is 0 Å². The van der Waals surface area contributed by atoms with Gasteiger partial charge in [-0.2, -0.15) is 0 Å². The molecule has 0 aliphatic carbocycles. The molecule has 0 nitrogen and oxygen atoms in total. The molecule has 0 bridgehead atoms. The first-order chi connectivity index (χ1) is 36.6. The zero-order valence-electron chi connectivity index (χ0n) is 50.1. The van der Waals surface area contributed by atoms with Crippen molar-refractivity contribution in [3.63, 3.8) is 0 Å². The van der Waals surface area contributed by atoms with Crippen LogP contribution in [-0.2, 0) is 0 Å². The van der Waals surface area contributed by atoms with Crippen LogP contribution in [0.4, 0.5) is 0 Å². The monoisotopic (exact) mass is 989 g/mol. The maximum absolute atomic E-state index is 2.27. The van der Waals surface area contributed by atoms with Crippen molar-refractivity contribution in [3.8, 4) is 66.8 Å². The van der Waals surface area contributed by atoms with Crippen molar-refractivity contribution in [2.45, 2.75) is 138 Å². The van der Waals surface area contributed by atoms with Crippen molar-refractivity contribution >= 4 is 0 Å². The van der Waals surface area contributed by atoms with E-state index in [0.717, 1.165) is 0 Å². The van der Waals surface area contributed by atoms with Crippen LogP contribution in [-0.4, -0.2) is 0 Å². The summed E-state index contributed by atoms with van der Waals surface area (Å²) >= 11 is 0. The quantitative estimate of drug-likeness (QED) is 0.156. The molecule has 0 saturated heterocycles. The third-order valence-electron chi connectivity index (χ3n) is 9.79. The smallest absolute Gasteiger partial charge is 0.0172 e. The van der Waals surface area contributed by atoms with Crippen LogP contribution >= 0.6 is 0 Å². The lowest BCUT2D eigenvalue weighted by Gasteiger charge is -2.11. The van der Waals surface area contributed by atoms with Gasteiger partial charge in [0.15, 0.2) is 0 Å². The highest BCUT2D eigenvalue weighted by Crippen LogP contribution is 2.33. The highest BCUT2D eigenvalue weighted by Gasteiger charge is 2.07. The predicted octanol–water partition coefficient (Wildman–Crippen LogP) is 24.9. The van der Waals surface area contributed by atoms with Crippen LogP contribution in [0.15, 0.2) is 243 Å². The number of rotatable bonds is 6. The van der Waals surface area contributed by atoms with Gasteiger partial charge < -0.3 is 0 Å². The molecule has 0 aliphatic rings. The molecule has 396 valence electrons. The standard InChI is InChI=1S/C24H18.C19H16.C13H12.9C2H6/c1-4-10-19(11-5-1)22-16-23(20-12-6-2-7-13-20)18-24(17-22)21-14-8-3-9-15-21;1-15-7-9-17(10-8-15)19-13-11-18(12-14-19)16-5-3-2-4-6-16;1-11-7-9-13(10-8-11)12-5-3-2-4-6-12;9*1-2/h1-18H;2-14H,1H3;2-10H,1H3;9*1-2H3. The Kier molecular flexibility index (Phi) is 47.7. The molecule has 0 unspecified atom stereocenters. The summed E-state index contributed by atoms with van der Waals surface area (Å²) in [4.78, 5) is 0. The Morgan fingerprint density at radius 2 is 0.257 bits per heavy atom. The van der Waals surface area contributed by atoms with Crippen LogP contribution in [0.1, 0.15) is 136 Å². The van der Waals surface area contributed by atoms with Crippen LogP contribution in [0.5, 0.6) is 0 Å². The number of hydrogen-bond donors (Lipinski definition) is 0. The Hall–Kier alpha value is -7.02. The average molecular weight is 990 g/mol. The molecule has 0 fully saturated rings. The molecule has 9 aromatic carbocycles. The second-order valence-corrected chi connectivity index (χ2v) is 13.9.